The standard InChI is InChI=1S/C25H22F3N3O3/c1-16(32)29-22(17-7-3-2-4-8-17)15-23(33)30-20-11-5-9-18(13-20)24(34)31-21-12-6-10-19(14-21)25(26,27)28/h2-14,22H,15H2,1H3,(H,29,32)(H,30,33)(H,31,34). The molecule has 0 heterocycles. The molecule has 0 bridgehead atoms. The van der Waals surface area contributed by atoms with Gasteiger partial charge in [0.05, 0.1) is 18.0 Å². The molecular weight excluding hydrogens is 447 g/mol. The van der Waals surface area contributed by atoms with Gasteiger partial charge in [0.1, 0.15) is 0 Å². The van der Waals surface area contributed by atoms with Crippen LogP contribution in [0.5, 0.6) is 0 Å². The number of amides is 3. The number of anilines is 2. The maximum atomic E-state index is 12.9. The number of carbonyl (C=O) groups excluding carboxylic acids is 3. The first kappa shape index (κ1) is 24.5. The van der Waals surface area contributed by atoms with Gasteiger partial charge in [-0.15, -0.1) is 0 Å². The van der Waals surface area contributed by atoms with Crippen molar-refractivity contribution in [2.75, 3.05) is 10.6 Å². The number of benzene rings is 3. The van der Waals surface area contributed by atoms with E-state index in [1.807, 2.05) is 6.07 Å². The lowest BCUT2D eigenvalue weighted by molar-refractivity contribution is -0.137. The van der Waals surface area contributed by atoms with E-state index in [1.54, 1.807) is 36.4 Å². The van der Waals surface area contributed by atoms with Gasteiger partial charge in [-0.25, -0.2) is 0 Å². The van der Waals surface area contributed by atoms with Crippen LogP contribution in [0.4, 0.5) is 24.5 Å². The molecule has 0 aliphatic heterocycles. The Labute approximate surface area is 194 Å². The van der Waals surface area contributed by atoms with Crippen molar-refractivity contribution >= 4 is 29.1 Å². The van der Waals surface area contributed by atoms with Gasteiger partial charge in [0.2, 0.25) is 11.8 Å². The zero-order chi connectivity index (χ0) is 24.7. The third kappa shape index (κ3) is 6.93. The molecule has 34 heavy (non-hydrogen) atoms. The first-order valence-electron chi connectivity index (χ1n) is 10.3. The average Bonchev–Trinajstić information content (AvgIpc) is 2.78. The van der Waals surface area contributed by atoms with Crippen LogP contribution in [0, 0.1) is 0 Å². The molecule has 3 aromatic carbocycles. The summed E-state index contributed by atoms with van der Waals surface area (Å²) in [5.41, 5.74) is 0.365. The molecule has 3 aromatic rings. The van der Waals surface area contributed by atoms with Gasteiger partial charge in [-0.3, -0.25) is 14.4 Å². The van der Waals surface area contributed by atoms with E-state index in [2.05, 4.69) is 16.0 Å². The summed E-state index contributed by atoms with van der Waals surface area (Å²) < 4.78 is 38.7. The second kappa shape index (κ2) is 10.7. The lowest BCUT2D eigenvalue weighted by Crippen LogP contribution is -2.29. The summed E-state index contributed by atoms with van der Waals surface area (Å²) in [6.45, 7) is 1.36. The molecule has 3 rings (SSSR count). The molecular formula is C25H22F3N3O3. The molecule has 0 spiro atoms. The Morgan fingerprint density at radius 3 is 2.12 bits per heavy atom. The average molecular weight is 469 g/mol. The fourth-order valence-corrected chi connectivity index (χ4v) is 3.30. The monoisotopic (exact) mass is 469 g/mol. The van der Waals surface area contributed by atoms with Crippen LogP contribution in [-0.4, -0.2) is 17.7 Å². The number of hydrogen-bond donors (Lipinski definition) is 3. The van der Waals surface area contributed by atoms with Gasteiger partial charge in [-0.05, 0) is 42.0 Å². The summed E-state index contributed by atoms with van der Waals surface area (Å²) in [6.07, 6.45) is -4.57. The van der Waals surface area contributed by atoms with Crippen molar-refractivity contribution in [1.29, 1.82) is 0 Å². The van der Waals surface area contributed by atoms with E-state index in [9.17, 15) is 27.6 Å². The highest BCUT2D eigenvalue weighted by molar-refractivity contribution is 6.05. The van der Waals surface area contributed by atoms with Crippen LogP contribution in [0.1, 0.15) is 40.9 Å². The van der Waals surface area contributed by atoms with Crippen LogP contribution in [0.3, 0.4) is 0 Å². The molecule has 9 heteroatoms. The van der Waals surface area contributed by atoms with Crippen LogP contribution < -0.4 is 16.0 Å². The number of carbonyl (C=O) groups is 3. The van der Waals surface area contributed by atoms with Crippen molar-refractivity contribution in [1.82, 2.24) is 5.32 Å². The summed E-state index contributed by atoms with van der Waals surface area (Å²) in [7, 11) is 0. The van der Waals surface area contributed by atoms with E-state index in [4.69, 9.17) is 0 Å². The Bertz CT molecular complexity index is 1180. The maximum absolute atomic E-state index is 12.9. The van der Waals surface area contributed by atoms with Crippen molar-refractivity contribution in [3.8, 4) is 0 Å². The largest absolute Gasteiger partial charge is 0.416 e. The fourth-order valence-electron chi connectivity index (χ4n) is 3.30. The smallest absolute Gasteiger partial charge is 0.349 e. The van der Waals surface area contributed by atoms with Crippen LogP contribution in [0.15, 0.2) is 78.9 Å². The van der Waals surface area contributed by atoms with Gasteiger partial charge in [0.15, 0.2) is 0 Å². The van der Waals surface area contributed by atoms with E-state index in [0.29, 0.717) is 5.69 Å². The predicted octanol–water partition coefficient (Wildman–Crippen LogP) is 5.16. The molecule has 3 amide bonds. The Balaban J connectivity index is 1.68. The highest BCUT2D eigenvalue weighted by Crippen LogP contribution is 2.30. The maximum Gasteiger partial charge on any atom is 0.416 e. The third-order valence-electron chi connectivity index (χ3n) is 4.83. The van der Waals surface area contributed by atoms with E-state index in [0.717, 1.165) is 17.7 Å². The quantitative estimate of drug-likeness (QED) is 0.447. The highest BCUT2D eigenvalue weighted by atomic mass is 19.4. The summed E-state index contributed by atoms with van der Waals surface area (Å²) in [5.74, 6) is -1.30. The summed E-state index contributed by atoms with van der Waals surface area (Å²) >= 11 is 0. The van der Waals surface area contributed by atoms with Crippen molar-refractivity contribution in [2.45, 2.75) is 25.6 Å². The molecule has 1 atom stereocenters. The lowest BCUT2D eigenvalue weighted by Gasteiger charge is -2.18. The van der Waals surface area contributed by atoms with Gasteiger partial charge in [0, 0.05) is 23.9 Å². The summed E-state index contributed by atoms with van der Waals surface area (Å²) in [5, 5.41) is 7.85. The topological polar surface area (TPSA) is 87.3 Å². The summed E-state index contributed by atoms with van der Waals surface area (Å²) in [4.78, 5) is 36.7. The van der Waals surface area contributed by atoms with Crippen LogP contribution >= 0.6 is 0 Å². The van der Waals surface area contributed by atoms with E-state index in [-0.39, 0.29) is 23.6 Å². The molecule has 1 unspecified atom stereocenters. The molecule has 0 radical (unpaired) electrons. The lowest BCUT2D eigenvalue weighted by atomic mass is 10.0. The minimum atomic E-state index is -4.53. The van der Waals surface area contributed by atoms with E-state index in [1.165, 1.54) is 31.2 Å². The number of halogens is 3. The molecule has 176 valence electrons. The van der Waals surface area contributed by atoms with Crippen LogP contribution in [-0.2, 0) is 15.8 Å². The minimum Gasteiger partial charge on any atom is -0.349 e. The van der Waals surface area contributed by atoms with Gasteiger partial charge in [-0.2, -0.15) is 13.2 Å². The fraction of sp³-hybridized carbons (Fsp3) is 0.160. The minimum absolute atomic E-state index is 0.00438. The molecule has 0 aliphatic carbocycles. The van der Waals surface area contributed by atoms with Gasteiger partial charge >= 0.3 is 6.18 Å². The van der Waals surface area contributed by atoms with Crippen LogP contribution in [0.2, 0.25) is 0 Å². The van der Waals surface area contributed by atoms with Crippen molar-refractivity contribution in [3.63, 3.8) is 0 Å². The molecule has 0 saturated carbocycles. The Morgan fingerprint density at radius 2 is 1.47 bits per heavy atom. The SMILES string of the molecule is CC(=O)NC(CC(=O)Nc1cccc(C(=O)Nc2cccc(C(F)(F)F)c2)c1)c1ccccc1. The Kier molecular flexibility index (Phi) is 7.68. The molecule has 0 fully saturated rings. The van der Waals surface area contributed by atoms with Gasteiger partial charge in [-0.1, -0.05) is 42.5 Å². The molecule has 3 N–H and O–H groups in total. The first-order chi connectivity index (χ1) is 16.1. The van der Waals surface area contributed by atoms with Crippen molar-refractivity contribution in [2.24, 2.45) is 0 Å². The number of hydrogen-bond acceptors (Lipinski definition) is 3. The van der Waals surface area contributed by atoms with Crippen LogP contribution in [0.25, 0.3) is 0 Å². The number of rotatable bonds is 7. The zero-order valence-electron chi connectivity index (χ0n) is 18.1. The molecule has 6 nitrogen and oxygen atoms in total. The second-order valence-corrected chi connectivity index (χ2v) is 7.53. The number of alkyl halides is 3. The van der Waals surface area contributed by atoms with Gasteiger partial charge in [0.25, 0.3) is 5.91 Å². The Hall–Kier alpha value is -4.14. The normalized spacial score (nSPS) is 11.9. The van der Waals surface area contributed by atoms with E-state index >= 15 is 0 Å². The number of nitrogens with one attached hydrogen (secondary N) is 3. The van der Waals surface area contributed by atoms with Crippen molar-refractivity contribution in [3.05, 3.63) is 95.6 Å². The third-order valence-corrected chi connectivity index (χ3v) is 4.83. The van der Waals surface area contributed by atoms with Crippen molar-refractivity contribution < 1.29 is 27.6 Å². The Morgan fingerprint density at radius 1 is 0.824 bits per heavy atom. The molecule has 0 aliphatic rings. The summed E-state index contributed by atoms with van der Waals surface area (Å²) in [6, 6.07) is 18.8. The highest BCUT2D eigenvalue weighted by Gasteiger charge is 2.30. The zero-order valence-corrected chi connectivity index (χ0v) is 18.1. The first-order valence-corrected chi connectivity index (χ1v) is 10.3. The second-order valence-electron chi connectivity index (χ2n) is 7.53. The van der Waals surface area contributed by atoms with Gasteiger partial charge < -0.3 is 16.0 Å². The van der Waals surface area contributed by atoms with E-state index < -0.39 is 29.6 Å². The predicted molar refractivity (Wildman–Crippen MR) is 122 cm³/mol. The molecule has 0 saturated heterocycles. The molecule has 0 aromatic heterocycles.